The van der Waals surface area contributed by atoms with E-state index in [0.717, 1.165) is 34.2 Å². The summed E-state index contributed by atoms with van der Waals surface area (Å²) < 4.78 is 0. The van der Waals surface area contributed by atoms with Crippen LogP contribution >= 0.6 is 0 Å². The summed E-state index contributed by atoms with van der Waals surface area (Å²) >= 11 is 0. The Labute approximate surface area is 147 Å². The van der Waals surface area contributed by atoms with Gasteiger partial charge in [-0.2, -0.15) is 0 Å². The summed E-state index contributed by atoms with van der Waals surface area (Å²) in [5, 5.41) is 15.0. The molecule has 0 atom stereocenters. The van der Waals surface area contributed by atoms with E-state index in [4.69, 9.17) is 22.3 Å². The van der Waals surface area contributed by atoms with Crippen molar-refractivity contribution < 1.29 is 0 Å². The molecular formula is C21H20N4. The smallest absolute Gasteiger partial charge is 0.122 e. The molecule has 25 heavy (non-hydrogen) atoms. The molecule has 0 radical (unpaired) electrons. The predicted octanol–water partition coefficient (Wildman–Crippen LogP) is 3.51. The lowest BCUT2D eigenvalue weighted by molar-refractivity contribution is 1.19. The van der Waals surface area contributed by atoms with E-state index in [9.17, 15) is 0 Å². The molecule has 0 unspecified atom stereocenters. The Kier molecular flexibility index (Phi) is 4.61. The van der Waals surface area contributed by atoms with Gasteiger partial charge in [-0.3, -0.25) is 10.8 Å². The fourth-order valence-electron chi connectivity index (χ4n) is 2.74. The van der Waals surface area contributed by atoms with Crippen molar-refractivity contribution in [1.29, 1.82) is 10.8 Å². The minimum atomic E-state index is 0.0784. The number of amidine groups is 2. The third-order valence-corrected chi connectivity index (χ3v) is 4.13. The summed E-state index contributed by atoms with van der Waals surface area (Å²) in [6.45, 7) is 0. The van der Waals surface area contributed by atoms with Gasteiger partial charge in [-0.1, -0.05) is 66.7 Å². The molecule has 6 N–H and O–H groups in total. The topological polar surface area (TPSA) is 99.7 Å². The van der Waals surface area contributed by atoms with Crippen molar-refractivity contribution in [2.24, 2.45) is 11.5 Å². The van der Waals surface area contributed by atoms with Crippen LogP contribution in [-0.4, -0.2) is 11.7 Å². The first-order chi connectivity index (χ1) is 12.0. The second kappa shape index (κ2) is 7.01. The molecule has 0 bridgehead atoms. The highest BCUT2D eigenvalue weighted by Crippen LogP contribution is 2.21. The van der Waals surface area contributed by atoms with Crippen LogP contribution in [0.1, 0.15) is 22.3 Å². The van der Waals surface area contributed by atoms with Gasteiger partial charge in [0, 0.05) is 11.1 Å². The maximum Gasteiger partial charge on any atom is 0.122 e. The fraction of sp³-hybridized carbons (Fsp3) is 0.0476. The first-order valence-corrected chi connectivity index (χ1v) is 8.00. The number of nitrogen functional groups attached to an aromatic ring is 2. The van der Waals surface area contributed by atoms with Crippen LogP contribution in [0.4, 0.5) is 0 Å². The molecule has 4 nitrogen and oxygen atoms in total. The number of nitrogens with two attached hydrogens (primary N) is 2. The standard InChI is InChI=1S/C21H20N4/c22-20(23)18-10-8-17(9-11-18)16-6-4-14(5-7-16)12-15-2-1-3-19(13-15)21(24)25/h1-11,13H,12H2,(H3,22,23)(H3,24,25). The third-order valence-electron chi connectivity index (χ3n) is 4.13. The minimum absolute atomic E-state index is 0.0784. The molecule has 0 aliphatic rings. The number of nitrogens with one attached hydrogen (secondary N) is 2. The van der Waals surface area contributed by atoms with Crippen LogP contribution < -0.4 is 11.5 Å². The van der Waals surface area contributed by atoms with Gasteiger partial charge in [-0.25, -0.2) is 0 Å². The van der Waals surface area contributed by atoms with E-state index in [1.165, 1.54) is 5.56 Å². The number of hydrogen-bond donors (Lipinski definition) is 4. The van der Waals surface area contributed by atoms with Gasteiger partial charge in [0.05, 0.1) is 0 Å². The zero-order valence-electron chi connectivity index (χ0n) is 13.8. The third kappa shape index (κ3) is 3.93. The highest BCUT2D eigenvalue weighted by molar-refractivity contribution is 5.95. The summed E-state index contributed by atoms with van der Waals surface area (Å²) in [6, 6.07) is 23.8. The van der Waals surface area contributed by atoms with Gasteiger partial charge in [0.1, 0.15) is 11.7 Å². The highest BCUT2D eigenvalue weighted by atomic mass is 14.7. The first kappa shape index (κ1) is 16.5. The van der Waals surface area contributed by atoms with Crippen LogP contribution in [-0.2, 0) is 6.42 Å². The predicted molar refractivity (Wildman–Crippen MR) is 103 cm³/mol. The van der Waals surface area contributed by atoms with Crippen LogP contribution in [0.3, 0.4) is 0 Å². The summed E-state index contributed by atoms with van der Waals surface area (Å²) in [6.07, 6.45) is 0.796. The Bertz CT molecular complexity index is 909. The van der Waals surface area contributed by atoms with Crippen molar-refractivity contribution in [2.45, 2.75) is 6.42 Å². The largest absolute Gasteiger partial charge is 0.384 e. The van der Waals surface area contributed by atoms with Crippen molar-refractivity contribution in [3.8, 4) is 11.1 Å². The van der Waals surface area contributed by atoms with Crippen LogP contribution in [0.25, 0.3) is 11.1 Å². The molecule has 0 heterocycles. The van der Waals surface area contributed by atoms with Crippen LogP contribution in [0.15, 0.2) is 72.8 Å². The van der Waals surface area contributed by atoms with Gasteiger partial charge in [0.15, 0.2) is 0 Å². The summed E-state index contributed by atoms with van der Waals surface area (Å²) in [7, 11) is 0. The molecule has 0 saturated carbocycles. The van der Waals surface area contributed by atoms with Gasteiger partial charge in [-0.15, -0.1) is 0 Å². The monoisotopic (exact) mass is 328 g/mol. The van der Waals surface area contributed by atoms with E-state index in [-0.39, 0.29) is 11.7 Å². The van der Waals surface area contributed by atoms with E-state index in [2.05, 4.69) is 24.3 Å². The Hall–Kier alpha value is -3.40. The average molecular weight is 328 g/mol. The van der Waals surface area contributed by atoms with Crippen molar-refractivity contribution in [1.82, 2.24) is 0 Å². The van der Waals surface area contributed by atoms with E-state index < -0.39 is 0 Å². The lowest BCUT2D eigenvalue weighted by Gasteiger charge is -2.07. The van der Waals surface area contributed by atoms with Crippen LogP contribution in [0, 0.1) is 10.8 Å². The molecule has 0 aromatic heterocycles. The van der Waals surface area contributed by atoms with E-state index in [1.807, 2.05) is 48.5 Å². The molecule has 0 aliphatic heterocycles. The summed E-state index contributed by atoms with van der Waals surface area (Å²) in [5.41, 5.74) is 17.1. The Morgan fingerprint density at radius 2 is 1.20 bits per heavy atom. The highest BCUT2D eigenvalue weighted by Gasteiger charge is 2.03. The number of benzene rings is 3. The van der Waals surface area contributed by atoms with Crippen molar-refractivity contribution in [3.05, 3.63) is 95.1 Å². The molecule has 3 rings (SSSR count). The molecule has 0 amide bonds. The minimum Gasteiger partial charge on any atom is -0.384 e. The maximum absolute atomic E-state index is 7.53. The second-order valence-electron chi connectivity index (χ2n) is 5.98. The number of rotatable bonds is 5. The lowest BCUT2D eigenvalue weighted by atomic mass is 9.98. The van der Waals surface area contributed by atoms with Gasteiger partial charge in [0.25, 0.3) is 0 Å². The molecular weight excluding hydrogens is 308 g/mol. The Morgan fingerprint density at radius 1 is 0.640 bits per heavy atom. The average Bonchev–Trinajstić information content (AvgIpc) is 2.63. The van der Waals surface area contributed by atoms with Crippen LogP contribution in [0.5, 0.6) is 0 Å². The molecule has 0 fully saturated rings. The SMILES string of the molecule is N=C(N)c1ccc(-c2ccc(Cc3cccc(C(=N)N)c3)cc2)cc1. The first-order valence-electron chi connectivity index (χ1n) is 8.00. The molecule has 0 spiro atoms. The number of hydrogen-bond acceptors (Lipinski definition) is 2. The van der Waals surface area contributed by atoms with E-state index in [0.29, 0.717) is 0 Å². The van der Waals surface area contributed by atoms with Crippen LogP contribution in [0.2, 0.25) is 0 Å². The fourth-order valence-corrected chi connectivity index (χ4v) is 2.74. The molecule has 0 aliphatic carbocycles. The molecule has 124 valence electrons. The lowest BCUT2D eigenvalue weighted by Crippen LogP contribution is -2.11. The van der Waals surface area contributed by atoms with E-state index in [1.54, 1.807) is 0 Å². The van der Waals surface area contributed by atoms with Gasteiger partial charge < -0.3 is 11.5 Å². The Morgan fingerprint density at radius 3 is 1.76 bits per heavy atom. The van der Waals surface area contributed by atoms with Crippen molar-refractivity contribution >= 4 is 11.7 Å². The quantitative estimate of drug-likeness (QED) is 0.425. The van der Waals surface area contributed by atoms with Gasteiger partial charge >= 0.3 is 0 Å². The molecule has 3 aromatic rings. The molecule has 3 aromatic carbocycles. The van der Waals surface area contributed by atoms with E-state index >= 15 is 0 Å². The zero-order chi connectivity index (χ0) is 17.8. The Balaban J connectivity index is 1.77. The maximum atomic E-state index is 7.53. The normalized spacial score (nSPS) is 10.4. The van der Waals surface area contributed by atoms with Crippen molar-refractivity contribution in [3.63, 3.8) is 0 Å². The second-order valence-corrected chi connectivity index (χ2v) is 5.98. The van der Waals surface area contributed by atoms with Gasteiger partial charge in [0.2, 0.25) is 0 Å². The summed E-state index contributed by atoms with van der Waals surface area (Å²) in [5.74, 6) is 0.167. The molecule has 4 heteroatoms. The summed E-state index contributed by atoms with van der Waals surface area (Å²) in [4.78, 5) is 0. The van der Waals surface area contributed by atoms with Crippen molar-refractivity contribution in [2.75, 3.05) is 0 Å². The zero-order valence-corrected chi connectivity index (χ0v) is 13.8. The molecule has 0 saturated heterocycles. The van der Waals surface area contributed by atoms with Gasteiger partial charge in [-0.05, 0) is 34.7 Å².